The van der Waals surface area contributed by atoms with Gasteiger partial charge in [0.05, 0.1) is 11.3 Å². The molecule has 1 atom stereocenters. The van der Waals surface area contributed by atoms with Crippen molar-refractivity contribution in [3.63, 3.8) is 0 Å². The number of carboxylic acids is 1. The zero-order valence-corrected chi connectivity index (χ0v) is 21.9. The van der Waals surface area contributed by atoms with Gasteiger partial charge in [-0.15, -0.1) is 0 Å². The lowest BCUT2D eigenvalue weighted by atomic mass is 9.81. The number of hydrogen-bond acceptors (Lipinski definition) is 2. The highest BCUT2D eigenvalue weighted by Gasteiger charge is 2.36. The number of hydrogen-bond donors (Lipinski definition) is 1. The molecule has 4 heteroatoms. The Morgan fingerprint density at radius 2 is 1.61 bits per heavy atom. The number of fused-ring (bicyclic) bond motifs is 1. The summed E-state index contributed by atoms with van der Waals surface area (Å²) in [6, 6.07) is 23.8. The fourth-order valence-corrected chi connectivity index (χ4v) is 5.55. The number of amides is 1. The van der Waals surface area contributed by atoms with Crippen LogP contribution in [0, 0.1) is 5.92 Å². The van der Waals surface area contributed by atoms with Crippen LogP contribution in [0.5, 0.6) is 0 Å². The monoisotopic (exact) mass is 485 g/mol. The predicted octanol–water partition coefficient (Wildman–Crippen LogP) is 6.96. The Balaban J connectivity index is 1.28. The summed E-state index contributed by atoms with van der Waals surface area (Å²) in [4.78, 5) is 26.3. The van der Waals surface area contributed by atoms with Gasteiger partial charge >= 0.3 is 5.97 Å². The van der Waals surface area contributed by atoms with Crippen LogP contribution in [0.2, 0.25) is 0 Å². The molecule has 0 aliphatic carbocycles. The molecule has 1 fully saturated rings. The average Bonchev–Trinajstić information content (AvgIpc) is 2.90. The van der Waals surface area contributed by atoms with Crippen molar-refractivity contribution in [2.45, 2.75) is 70.6 Å². The molecule has 4 rings (SSSR count). The summed E-state index contributed by atoms with van der Waals surface area (Å²) in [7, 11) is 0. The number of rotatable bonds is 9. The van der Waals surface area contributed by atoms with Crippen molar-refractivity contribution in [3.8, 4) is 0 Å². The first-order valence-electron chi connectivity index (χ1n) is 13.4. The van der Waals surface area contributed by atoms with Crippen molar-refractivity contribution in [3.05, 3.63) is 83.4 Å². The molecule has 0 spiro atoms. The van der Waals surface area contributed by atoms with E-state index in [1.165, 1.54) is 34.7 Å². The fourth-order valence-electron chi connectivity index (χ4n) is 5.55. The summed E-state index contributed by atoms with van der Waals surface area (Å²) in [6.45, 7) is 7.33. The maximum absolute atomic E-state index is 13.2. The van der Waals surface area contributed by atoms with E-state index in [4.69, 9.17) is 0 Å². The molecular weight excluding hydrogens is 446 g/mol. The normalized spacial score (nSPS) is 15.7. The van der Waals surface area contributed by atoms with E-state index >= 15 is 0 Å². The Hall–Kier alpha value is -3.14. The van der Waals surface area contributed by atoms with Gasteiger partial charge in [0.15, 0.2) is 0 Å². The van der Waals surface area contributed by atoms with Crippen LogP contribution < -0.4 is 0 Å². The first-order valence-corrected chi connectivity index (χ1v) is 13.4. The van der Waals surface area contributed by atoms with Crippen LogP contribution in [0.15, 0.2) is 66.7 Å². The highest BCUT2D eigenvalue weighted by molar-refractivity contribution is 5.88. The van der Waals surface area contributed by atoms with E-state index in [0.717, 1.165) is 18.4 Å². The van der Waals surface area contributed by atoms with E-state index in [2.05, 4.69) is 73.7 Å². The van der Waals surface area contributed by atoms with Crippen molar-refractivity contribution in [1.29, 1.82) is 0 Å². The average molecular weight is 486 g/mol. The minimum Gasteiger partial charge on any atom is -0.481 e. The number of nitrogens with zero attached hydrogens (tertiary/aromatic N) is 1. The number of carboxylic acid groups (broad SMARTS) is 1. The first-order chi connectivity index (χ1) is 17.3. The number of aliphatic carboxylic acids is 1. The third-order valence-electron chi connectivity index (χ3n) is 8.05. The number of aryl methyl sites for hydroxylation is 1. The van der Waals surface area contributed by atoms with E-state index in [1.807, 2.05) is 18.7 Å². The van der Waals surface area contributed by atoms with E-state index in [0.29, 0.717) is 31.8 Å². The minimum absolute atomic E-state index is 0.0847. The molecule has 0 saturated carbocycles. The SMILES string of the molecule is C[C@@H](CCCCc1ccc(C(C)(C)C(=O)N2CCC(C(=O)O)CC2)cc1)c1cccc2ccccc12. The third kappa shape index (κ3) is 5.80. The third-order valence-corrected chi connectivity index (χ3v) is 8.05. The van der Waals surface area contributed by atoms with Gasteiger partial charge in [0.1, 0.15) is 0 Å². The van der Waals surface area contributed by atoms with Gasteiger partial charge in [-0.2, -0.15) is 0 Å². The summed E-state index contributed by atoms with van der Waals surface area (Å²) in [6.07, 6.45) is 5.62. The number of piperidine rings is 1. The number of carbonyl (C=O) groups excluding carboxylic acids is 1. The van der Waals surface area contributed by atoms with E-state index in [-0.39, 0.29) is 11.8 Å². The molecule has 1 saturated heterocycles. The van der Waals surface area contributed by atoms with Gasteiger partial charge in [-0.1, -0.05) is 80.1 Å². The molecule has 3 aromatic rings. The second-order valence-electron chi connectivity index (χ2n) is 10.9. The Morgan fingerprint density at radius 3 is 2.31 bits per heavy atom. The molecule has 1 amide bonds. The Morgan fingerprint density at radius 1 is 0.944 bits per heavy atom. The largest absolute Gasteiger partial charge is 0.481 e. The number of unbranched alkanes of at least 4 members (excludes halogenated alkanes) is 1. The molecule has 0 aromatic heterocycles. The molecule has 1 aliphatic heterocycles. The molecule has 0 bridgehead atoms. The first kappa shape index (κ1) is 25.9. The van der Waals surface area contributed by atoms with Gasteiger partial charge in [0.25, 0.3) is 0 Å². The van der Waals surface area contributed by atoms with Crippen molar-refractivity contribution < 1.29 is 14.7 Å². The van der Waals surface area contributed by atoms with Crippen LogP contribution in [-0.2, 0) is 21.4 Å². The smallest absolute Gasteiger partial charge is 0.306 e. The summed E-state index contributed by atoms with van der Waals surface area (Å²) >= 11 is 0. The predicted molar refractivity (Wildman–Crippen MR) is 146 cm³/mol. The molecule has 3 aromatic carbocycles. The number of benzene rings is 3. The Labute approximate surface area is 215 Å². The lowest BCUT2D eigenvalue weighted by Crippen LogP contribution is -2.47. The molecule has 0 unspecified atom stereocenters. The standard InChI is InChI=1S/C32H39NO3/c1-23(28-14-8-12-25-11-6-7-13-29(25)28)9-4-5-10-24-15-17-27(18-16-24)32(2,3)31(36)33-21-19-26(20-22-33)30(34)35/h6-8,11-18,23,26H,4-5,9-10,19-22H2,1-3H3,(H,34,35)/t23-/m0/s1. The summed E-state index contributed by atoms with van der Waals surface area (Å²) in [5, 5.41) is 11.9. The van der Waals surface area contributed by atoms with Gasteiger partial charge in [-0.3, -0.25) is 9.59 Å². The second-order valence-corrected chi connectivity index (χ2v) is 10.9. The molecular formula is C32H39NO3. The van der Waals surface area contributed by atoms with Gasteiger partial charge in [0.2, 0.25) is 5.91 Å². The van der Waals surface area contributed by atoms with Crippen LogP contribution in [0.25, 0.3) is 10.8 Å². The van der Waals surface area contributed by atoms with Gasteiger partial charge in [-0.05, 0) is 79.3 Å². The zero-order chi connectivity index (χ0) is 25.7. The molecule has 190 valence electrons. The lowest BCUT2D eigenvalue weighted by molar-refractivity contribution is -0.147. The van der Waals surface area contributed by atoms with Crippen LogP contribution in [0.3, 0.4) is 0 Å². The van der Waals surface area contributed by atoms with Gasteiger partial charge in [0, 0.05) is 13.1 Å². The summed E-state index contributed by atoms with van der Waals surface area (Å²) < 4.78 is 0. The van der Waals surface area contributed by atoms with Crippen molar-refractivity contribution >= 4 is 22.6 Å². The maximum Gasteiger partial charge on any atom is 0.306 e. The van der Waals surface area contributed by atoms with E-state index < -0.39 is 11.4 Å². The quantitative estimate of drug-likeness (QED) is 0.333. The van der Waals surface area contributed by atoms with Crippen LogP contribution in [-0.4, -0.2) is 35.0 Å². The van der Waals surface area contributed by atoms with E-state index in [9.17, 15) is 14.7 Å². The minimum atomic E-state index is -0.750. The Kier molecular flexibility index (Phi) is 8.13. The van der Waals surface area contributed by atoms with Crippen molar-refractivity contribution in [2.75, 3.05) is 13.1 Å². The highest BCUT2D eigenvalue weighted by atomic mass is 16.4. The Bertz CT molecular complexity index is 1180. The highest BCUT2D eigenvalue weighted by Crippen LogP contribution is 2.31. The van der Waals surface area contributed by atoms with Crippen LogP contribution in [0.1, 0.15) is 75.5 Å². The van der Waals surface area contributed by atoms with Crippen molar-refractivity contribution in [1.82, 2.24) is 4.90 Å². The van der Waals surface area contributed by atoms with Crippen LogP contribution in [0.4, 0.5) is 0 Å². The molecule has 1 aliphatic rings. The van der Waals surface area contributed by atoms with Crippen LogP contribution >= 0.6 is 0 Å². The van der Waals surface area contributed by atoms with Gasteiger partial charge < -0.3 is 10.0 Å². The van der Waals surface area contributed by atoms with Crippen molar-refractivity contribution in [2.24, 2.45) is 5.92 Å². The van der Waals surface area contributed by atoms with E-state index in [1.54, 1.807) is 0 Å². The number of likely N-dealkylation sites (tertiary alicyclic amines) is 1. The number of carbonyl (C=O) groups is 2. The molecule has 1 N–H and O–H groups in total. The summed E-state index contributed by atoms with van der Waals surface area (Å²) in [5.74, 6) is -0.459. The molecule has 1 heterocycles. The lowest BCUT2D eigenvalue weighted by Gasteiger charge is -2.36. The topological polar surface area (TPSA) is 57.6 Å². The molecule has 36 heavy (non-hydrogen) atoms. The molecule has 0 radical (unpaired) electrons. The maximum atomic E-state index is 13.2. The zero-order valence-electron chi connectivity index (χ0n) is 21.9. The second kappa shape index (κ2) is 11.3. The summed E-state index contributed by atoms with van der Waals surface area (Å²) in [5.41, 5.74) is 3.14. The molecule has 4 nitrogen and oxygen atoms in total. The fraction of sp³-hybridized carbons (Fsp3) is 0.438. The van der Waals surface area contributed by atoms with Gasteiger partial charge in [-0.25, -0.2) is 0 Å².